The molecule has 0 unspecified atom stereocenters. The Bertz CT molecular complexity index is 584. The average Bonchev–Trinajstić information content (AvgIpc) is 2.34. The van der Waals surface area contributed by atoms with Gasteiger partial charge >= 0.3 is 5.97 Å². The molecule has 112 valence electrons. The van der Waals surface area contributed by atoms with Crippen molar-refractivity contribution in [1.29, 1.82) is 0 Å². The van der Waals surface area contributed by atoms with Crippen molar-refractivity contribution in [3.05, 3.63) is 23.8 Å². The van der Waals surface area contributed by atoms with Crippen LogP contribution >= 0.6 is 0 Å². The number of rotatable bonds is 7. The monoisotopic (exact) mass is 302 g/mol. The summed E-state index contributed by atoms with van der Waals surface area (Å²) in [7, 11) is -3.83. The van der Waals surface area contributed by atoms with E-state index in [-0.39, 0.29) is 35.3 Å². The predicted molar refractivity (Wildman–Crippen MR) is 74.4 cm³/mol. The molecule has 0 amide bonds. The highest BCUT2D eigenvalue weighted by Gasteiger charge is 2.21. The van der Waals surface area contributed by atoms with Gasteiger partial charge < -0.3 is 15.5 Å². The van der Waals surface area contributed by atoms with Gasteiger partial charge in [0.1, 0.15) is 4.90 Å². The molecule has 1 aromatic rings. The Morgan fingerprint density at radius 3 is 2.50 bits per heavy atom. The molecule has 0 spiro atoms. The molecule has 0 fully saturated rings. The molecule has 4 N–H and O–H groups in total. The standard InChI is InChI=1S/C12H18N2O5S/c1-8(2)14-20(18,19)11-7-9(12(16)17)3-4-10(11)13-5-6-15/h3-4,7-8,13-15H,5-6H2,1-2H3,(H,16,17). The molecule has 0 atom stereocenters. The largest absolute Gasteiger partial charge is 0.478 e. The molecule has 20 heavy (non-hydrogen) atoms. The zero-order valence-corrected chi connectivity index (χ0v) is 12.1. The summed E-state index contributed by atoms with van der Waals surface area (Å²) in [5.41, 5.74) is 0.126. The minimum atomic E-state index is -3.83. The van der Waals surface area contributed by atoms with Crippen LogP contribution in [0.25, 0.3) is 0 Å². The summed E-state index contributed by atoms with van der Waals surface area (Å²) in [5, 5.41) is 20.5. The SMILES string of the molecule is CC(C)NS(=O)(=O)c1cc(C(=O)O)ccc1NCCO. The summed E-state index contributed by atoms with van der Waals surface area (Å²) < 4.78 is 26.8. The van der Waals surface area contributed by atoms with E-state index in [0.29, 0.717) is 0 Å². The number of carboxylic acids is 1. The molecule has 0 aliphatic rings. The number of nitrogens with one attached hydrogen (secondary N) is 2. The summed E-state index contributed by atoms with van der Waals surface area (Å²) in [6.45, 7) is 3.33. The number of aliphatic hydroxyl groups excluding tert-OH is 1. The van der Waals surface area contributed by atoms with Crippen molar-refractivity contribution in [3.8, 4) is 0 Å². The smallest absolute Gasteiger partial charge is 0.335 e. The molecular weight excluding hydrogens is 284 g/mol. The van der Waals surface area contributed by atoms with Gasteiger partial charge in [-0.05, 0) is 32.0 Å². The molecule has 0 saturated carbocycles. The maximum atomic E-state index is 12.2. The first-order chi connectivity index (χ1) is 9.27. The van der Waals surface area contributed by atoms with E-state index in [4.69, 9.17) is 10.2 Å². The van der Waals surface area contributed by atoms with Crippen molar-refractivity contribution in [2.24, 2.45) is 0 Å². The molecule has 1 rings (SSSR count). The Kier molecular flexibility index (Phi) is 5.49. The lowest BCUT2D eigenvalue weighted by Gasteiger charge is -2.15. The number of aromatic carboxylic acids is 1. The zero-order valence-electron chi connectivity index (χ0n) is 11.3. The summed E-state index contributed by atoms with van der Waals surface area (Å²) in [6.07, 6.45) is 0. The van der Waals surface area contributed by atoms with Crippen molar-refractivity contribution >= 4 is 21.7 Å². The molecular formula is C12H18N2O5S. The first kappa shape index (κ1) is 16.4. The fourth-order valence-electron chi connectivity index (χ4n) is 1.59. The van der Waals surface area contributed by atoms with Crippen molar-refractivity contribution in [1.82, 2.24) is 4.72 Å². The molecule has 0 radical (unpaired) electrons. The number of hydrogen-bond acceptors (Lipinski definition) is 5. The van der Waals surface area contributed by atoms with Crippen LogP contribution in [0.1, 0.15) is 24.2 Å². The Balaban J connectivity index is 3.30. The average molecular weight is 302 g/mol. The van der Waals surface area contributed by atoms with Crippen LogP contribution in [0.15, 0.2) is 23.1 Å². The highest BCUT2D eigenvalue weighted by Crippen LogP contribution is 2.23. The van der Waals surface area contributed by atoms with Gasteiger partial charge in [0, 0.05) is 12.6 Å². The highest BCUT2D eigenvalue weighted by molar-refractivity contribution is 7.89. The normalized spacial score (nSPS) is 11.6. The van der Waals surface area contributed by atoms with E-state index < -0.39 is 16.0 Å². The van der Waals surface area contributed by atoms with Gasteiger partial charge in [-0.3, -0.25) is 0 Å². The molecule has 1 aromatic carbocycles. The van der Waals surface area contributed by atoms with Crippen molar-refractivity contribution in [2.75, 3.05) is 18.5 Å². The minimum Gasteiger partial charge on any atom is -0.478 e. The Hall–Kier alpha value is -1.64. The lowest BCUT2D eigenvalue weighted by molar-refractivity contribution is 0.0696. The fourth-order valence-corrected chi connectivity index (χ4v) is 3.05. The summed E-state index contributed by atoms with van der Waals surface area (Å²) in [6, 6.07) is 3.44. The highest BCUT2D eigenvalue weighted by atomic mass is 32.2. The number of anilines is 1. The van der Waals surface area contributed by atoms with E-state index >= 15 is 0 Å². The van der Waals surface area contributed by atoms with Crippen LogP contribution in [0.5, 0.6) is 0 Å². The molecule has 0 aromatic heterocycles. The van der Waals surface area contributed by atoms with Gasteiger partial charge in [0.2, 0.25) is 10.0 Å². The Morgan fingerprint density at radius 1 is 1.35 bits per heavy atom. The maximum Gasteiger partial charge on any atom is 0.335 e. The van der Waals surface area contributed by atoms with Crippen LogP contribution in [-0.2, 0) is 10.0 Å². The van der Waals surface area contributed by atoms with Crippen LogP contribution in [-0.4, -0.2) is 43.8 Å². The van der Waals surface area contributed by atoms with Crippen LogP contribution in [0.2, 0.25) is 0 Å². The third-order valence-corrected chi connectivity index (χ3v) is 4.03. The fraction of sp³-hybridized carbons (Fsp3) is 0.417. The lowest BCUT2D eigenvalue weighted by atomic mass is 10.2. The Morgan fingerprint density at radius 2 is 2.00 bits per heavy atom. The quantitative estimate of drug-likeness (QED) is 0.582. The van der Waals surface area contributed by atoms with E-state index in [1.54, 1.807) is 13.8 Å². The zero-order chi connectivity index (χ0) is 15.3. The van der Waals surface area contributed by atoms with Gasteiger partial charge in [0.05, 0.1) is 17.9 Å². The molecule has 0 saturated heterocycles. The third kappa shape index (κ3) is 4.19. The lowest BCUT2D eigenvalue weighted by Crippen LogP contribution is -2.31. The molecule has 8 heteroatoms. The predicted octanol–water partition coefficient (Wildman–Crippen LogP) is 0.476. The van der Waals surface area contributed by atoms with Crippen molar-refractivity contribution in [2.45, 2.75) is 24.8 Å². The van der Waals surface area contributed by atoms with Crippen molar-refractivity contribution < 1.29 is 23.4 Å². The van der Waals surface area contributed by atoms with Gasteiger partial charge in [0.25, 0.3) is 0 Å². The van der Waals surface area contributed by atoms with Gasteiger partial charge in [-0.1, -0.05) is 0 Å². The maximum absolute atomic E-state index is 12.2. The van der Waals surface area contributed by atoms with E-state index in [2.05, 4.69) is 10.0 Å². The number of carbonyl (C=O) groups is 1. The van der Waals surface area contributed by atoms with Gasteiger partial charge in [-0.15, -0.1) is 0 Å². The number of carboxylic acid groups (broad SMARTS) is 1. The van der Waals surface area contributed by atoms with Crippen LogP contribution in [0.4, 0.5) is 5.69 Å². The minimum absolute atomic E-state index is 0.122. The van der Waals surface area contributed by atoms with E-state index in [1.807, 2.05) is 0 Å². The topological polar surface area (TPSA) is 116 Å². The second-order valence-electron chi connectivity index (χ2n) is 4.44. The van der Waals surface area contributed by atoms with E-state index in [0.717, 1.165) is 6.07 Å². The summed E-state index contributed by atoms with van der Waals surface area (Å²) in [4.78, 5) is 10.8. The molecule has 0 aliphatic heterocycles. The van der Waals surface area contributed by atoms with Crippen molar-refractivity contribution in [3.63, 3.8) is 0 Å². The number of benzene rings is 1. The van der Waals surface area contributed by atoms with E-state index in [9.17, 15) is 13.2 Å². The Labute approximate surface area is 117 Å². The number of aliphatic hydroxyl groups is 1. The van der Waals surface area contributed by atoms with Crippen LogP contribution in [0, 0.1) is 0 Å². The molecule has 7 nitrogen and oxygen atoms in total. The second kappa shape index (κ2) is 6.69. The molecule has 0 bridgehead atoms. The van der Waals surface area contributed by atoms with Crippen LogP contribution < -0.4 is 10.0 Å². The molecule has 0 aliphatic carbocycles. The summed E-state index contributed by atoms with van der Waals surface area (Å²) in [5.74, 6) is -1.21. The number of sulfonamides is 1. The first-order valence-electron chi connectivity index (χ1n) is 6.02. The number of hydrogen-bond donors (Lipinski definition) is 4. The van der Waals surface area contributed by atoms with Gasteiger partial charge in [0.15, 0.2) is 0 Å². The first-order valence-corrected chi connectivity index (χ1v) is 7.50. The second-order valence-corrected chi connectivity index (χ2v) is 6.12. The summed E-state index contributed by atoms with van der Waals surface area (Å²) >= 11 is 0. The van der Waals surface area contributed by atoms with Gasteiger partial charge in [-0.2, -0.15) is 0 Å². The van der Waals surface area contributed by atoms with E-state index in [1.165, 1.54) is 12.1 Å². The van der Waals surface area contributed by atoms with Crippen LogP contribution in [0.3, 0.4) is 0 Å². The van der Waals surface area contributed by atoms with Gasteiger partial charge in [-0.25, -0.2) is 17.9 Å². The third-order valence-electron chi connectivity index (χ3n) is 2.34. The molecule has 0 heterocycles.